The van der Waals surface area contributed by atoms with Gasteiger partial charge in [0.2, 0.25) is 0 Å². The van der Waals surface area contributed by atoms with Crippen LogP contribution in [0.25, 0.3) is 22.3 Å². The summed E-state index contributed by atoms with van der Waals surface area (Å²) in [5.41, 5.74) is 3.32. The molecule has 0 unspecified atom stereocenters. The van der Waals surface area contributed by atoms with Gasteiger partial charge in [0.25, 0.3) is 5.56 Å². The van der Waals surface area contributed by atoms with Crippen molar-refractivity contribution in [2.24, 2.45) is 0 Å². The van der Waals surface area contributed by atoms with Gasteiger partial charge in [-0.3, -0.25) is 9.36 Å². The number of aryl methyl sites for hydroxylation is 1. The highest BCUT2D eigenvalue weighted by molar-refractivity contribution is 6.33. The first-order valence-electron chi connectivity index (χ1n) is 8.69. The van der Waals surface area contributed by atoms with Gasteiger partial charge in [-0.15, -0.1) is 0 Å². The SMILES string of the molecule is CCC[C@@H](C)n1c(=O)c(C)nc2c(-c3ccc(OC)cc3Cl)ccnc21. The minimum atomic E-state index is -0.0936. The van der Waals surface area contributed by atoms with Crippen LogP contribution in [0.3, 0.4) is 0 Å². The molecule has 0 N–H and O–H groups in total. The molecule has 0 aliphatic heterocycles. The normalized spacial score (nSPS) is 12.3. The number of hydrogen-bond acceptors (Lipinski definition) is 4. The molecular weight excluding hydrogens is 350 g/mol. The molecule has 5 nitrogen and oxygen atoms in total. The third-order valence-corrected chi connectivity index (χ3v) is 4.87. The number of fused-ring (bicyclic) bond motifs is 1. The van der Waals surface area contributed by atoms with Crippen molar-refractivity contribution in [3.63, 3.8) is 0 Å². The van der Waals surface area contributed by atoms with Crippen LogP contribution >= 0.6 is 11.6 Å². The molecule has 0 radical (unpaired) electrons. The van der Waals surface area contributed by atoms with Gasteiger partial charge in [-0.25, -0.2) is 9.97 Å². The zero-order chi connectivity index (χ0) is 18.8. The highest BCUT2D eigenvalue weighted by Crippen LogP contribution is 2.34. The van der Waals surface area contributed by atoms with E-state index in [4.69, 9.17) is 16.3 Å². The van der Waals surface area contributed by atoms with E-state index in [0.29, 0.717) is 27.6 Å². The first-order chi connectivity index (χ1) is 12.5. The van der Waals surface area contributed by atoms with Crippen LogP contribution in [-0.4, -0.2) is 21.6 Å². The van der Waals surface area contributed by atoms with Crippen LogP contribution in [0.15, 0.2) is 35.3 Å². The van der Waals surface area contributed by atoms with Gasteiger partial charge in [-0.05, 0) is 44.5 Å². The van der Waals surface area contributed by atoms with Crippen molar-refractivity contribution >= 4 is 22.8 Å². The van der Waals surface area contributed by atoms with Crippen molar-refractivity contribution in [1.82, 2.24) is 14.5 Å². The molecule has 26 heavy (non-hydrogen) atoms. The van der Waals surface area contributed by atoms with Crippen molar-refractivity contribution in [1.29, 1.82) is 0 Å². The monoisotopic (exact) mass is 371 g/mol. The van der Waals surface area contributed by atoms with Crippen molar-refractivity contribution in [2.45, 2.75) is 39.7 Å². The first kappa shape index (κ1) is 18.4. The number of nitrogens with zero attached hydrogens (tertiary/aromatic N) is 3. The van der Waals surface area contributed by atoms with Crippen molar-refractivity contribution in [3.05, 3.63) is 51.5 Å². The molecule has 0 saturated heterocycles. The lowest BCUT2D eigenvalue weighted by molar-refractivity contribution is 0.415. The van der Waals surface area contributed by atoms with E-state index in [1.807, 2.05) is 25.1 Å². The Hall–Kier alpha value is -2.40. The van der Waals surface area contributed by atoms with Gasteiger partial charge in [-0.1, -0.05) is 24.9 Å². The Morgan fingerprint density at radius 1 is 1.27 bits per heavy atom. The quantitative estimate of drug-likeness (QED) is 0.647. The first-order valence-corrected chi connectivity index (χ1v) is 9.07. The predicted molar refractivity (Wildman–Crippen MR) is 105 cm³/mol. The van der Waals surface area contributed by atoms with Crippen molar-refractivity contribution in [3.8, 4) is 16.9 Å². The van der Waals surface area contributed by atoms with E-state index in [9.17, 15) is 4.79 Å². The molecule has 6 heteroatoms. The fraction of sp³-hybridized carbons (Fsp3) is 0.350. The Morgan fingerprint density at radius 2 is 2.04 bits per heavy atom. The molecule has 1 aromatic carbocycles. The Bertz CT molecular complexity index is 1010. The molecule has 0 aliphatic rings. The topological polar surface area (TPSA) is 57.0 Å². The second-order valence-corrected chi connectivity index (χ2v) is 6.79. The van der Waals surface area contributed by atoms with E-state index in [0.717, 1.165) is 24.0 Å². The summed E-state index contributed by atoms with van der Waals surface area (Å²) in [6.07, 6.45) is 3.58. The number of benzene rings is 1. The molecule has 0 saturated carbocycles. The fourth-order valence-corrected chi connectivity index (χ4v) is 3.50. The average molecular weight is 372 g/mol. The van der Waals surface area contributed by atoms with E-state index in [1.54, 1.807) is 30.9 Å². The minimum absolute atomic E-state index is 0.0470. The summed E-state index contributed by atoms with van der Waals surface area (Å²) in [6.45, 7) is 5.88. The van der Waals surface area contributed by atoms with Gasteiger partial charge in [0.05, 0.1) is 12.1 Å². The standard InChI is InChI=1S/C20H22ClN3O2/c1-5-6-12(2)24-19-18(23-13(3)20(24)25)16(9-10-22-19)15-8-7-14(26-4)11-17(15)21/h7-12H,5-6H2,1-4H3/t12-/m1/s1. The smallest absolute Gasteiger partial charge is 0.273 e. The Balaban J connectivity index is 2.31. The molecule has 0 spiro atoms. The second kappa shape index (κ2) is 7.46. The van der Waals surface area contributed by atoms with Crippen LogP contribution in [0.2, 0.25) is 5.02 Å². The van der Waals surface area contributed by atoms with E-state index < -0.39 is 0 Å². The number of methoxy groups -OCH3 is 1. The highest BCUT2D eigenvalue weighted by Gasteiger charge is 2.18. The zero-order valence-corrected chi connectivity index (χ0v) is 16.2. The fourth-order valence-electron chi connectivity index (χ4n) is 3.23. The molecule has 0 bridgehead atoms. The highest BCUT2D eigenvalue weighted by atomic mass is 35.5. The van der Waals surface area contributed by atoms with Crippen molar-refractivity contribution < 1.29 is 4.74 Å². The van der Waals surface area contributed by atoms with Gasteiger partial charge in [0.15, 0.2) is 5.65 Å². The largest absolute Gasteiger partial charge is 0.497 e. The summed E-state index contributed by atoms with van der Waals surface area (Å²) in [5, 5.41) is 0.565. The number of hydrogen-bond donors (Lipinski definition) is 0. The summed E-state index contributed by atoms with van der Waals surface area (Å²) >= 11 is 6.47. The van der Waals surface area contributed by atoms with E-state index in [-0.39, 0.29) is 11.6 Å². The number of ether oxygens (including phenoxy) is 1. The maximum atomic E-state index is 12.7. The molecule has 136 valence electrons. The van der Waals surface area contributed by atoms with Crippen molar-refractivity contribution in [2.75, 3.05) is 7.11 Å². The molecule has 0 amide bonds. The maximum absolute atomic E-state index is 12.7. The molecule has 3 aromatic rings. The number of pyridine rings is 1. The molecule has 2 heterocycles. The third kappa shape index (κ3) is 3.19. The number of halogens is 1. The maximum Gasteiger partial charge on any atom is 0.273 e. The molecule has 1 atom stereocenters. The molecule has 2 aromatic heterocycles. The van der Waals surface area contributed by atoms with Crippen LogP contribution in [0.1, 0.15) is 38.4 Å². The minimum Gasteiger partial charge on any atom is -0.497 e. The van der Waals surface area contributed by atoms with Gasteiger partial charge in [-0.2, -0.15) is 0 Å². The lowest BCUT2D eigenvalue weighted by atomic mass is 10.0. The average Bonchev–Trinajstić information content (AvgIpc) is 2.62. The lowest BCUT2D eigenvalue weighted by Crippen LogP contribution is -2.27. The number of rotatable bonds is 5. The number of aromatic nitrogens is 3. The van der Waals surface area contributed by atoms with Crippen LogP contribution in [-0.2, 0) is 0 Å². The zero-order valence-electron chi connectivity index (χ0n) is 15.4. The van der Waals surface area contributed by atoms with E-state index in [2.05, 4.69) is 16.9 Å². The molecular formula is C20H22ClN3O2. The summed E-state index contributed by atoms with van der Waals surface area (Å²) in [6, 6.07) is 7.45. The van der Waals surface area contributed by atoms with Crippen LogP contribution in [0, 0.1) is 6.92 Å². The van der Waals surface area contributed by atoms with Gasteiger partial charge in [0, 0.05) is 23.4 Å². The lowest BCUT2D eigenvalue weighted by Gasteiger charge is -2.18. The molecule has 0 aliphatic carbocycles. The predicted octanol–water partition coefficient (Wildman–Crippen LogP) is 4.79. The summed E-state index contributed by atoms with van der Waals surface area (Å²) in [4.78, 5) is 21.7. The van der Waals surface area contributed by atoms with Crippen LogP contribution in [0.4, 0.5) is 0 Å². The summed E-state index contributed by atoms with van der Waals surface area (Å²) in [5.74, 6) is 0.690. The molecule has 0 fully saturated rings. The molecule has 3 rings (SSSR count). The second-order valence-electron chi connectivity index (χ2n) is 6.39. The van der Waals surface area contributed by atoms with E-state index in [1.165, 1.54) is 0 Å². The Labute approximate surface area is 157 Å². The summed E-state index contributed by atoms with van der Waals surface area (Å²) in [7, 11) is 1.60. The van der Waals surface area contributed by atoms with Gasteiger partial charge < -0.3 is 4.74 Å². The van der Waals surface area contributed by atoms with E-state index >= 15 is 0 Å². The Kier molecular flexibility index (Phi) is 5.28. The Morgan fingerprint density at radius 3 is 2.69 bits per heavy atom. The van der Waals surface area contributed by atoms with Gasteiger partial charge >= 0.3 is 0 Å². The van der Waals surface area contributed by atoms with Gasteiger partial charge in [0.1, 0.15) is 17.0 Å². The van der Waals surface area contributed by atoms with Crippen LogP contribution < -0.4 is 10.3 Å². The third-order valence-electron chi connectivity index (χ3n) is 4.55. The summed E-state index contributed by atoms with van der Waals surface area (Å²) < 4.78 is 6.98. The van der Waals surface area contributed by atoms with Crippen LogP contribution in [0.5, 0.6) is 5.75 Å².